The number of nitrogens with zero attached hydrogens (tertiary/aromatic N) is 1. The zero-order valence-electron chi connectivity index (χ0n) is 11.5. The summed E-state index contributed by atoms with van der Waals surface area (Å²) in [6.45, 7) is 3.57. The first kappa shape index (κ1) is 15.0. The number of benzene rings is 2. The summed E-state index contributed by atoms with van der Waals surface area (Å²) in [7, 11) is 0. The van der Waals surface area contributed by atoms with E-state index in [1.54, 1.807) is 31.2 Å². The van der Waals surface area contributed by atoms with Crippen LogP contribution in [0.4, 0.5) is 10.1 Å². The Morgan fingerprint density at radius 1 is 1.24 bits per heavy atom. The van der Waals surface area contributed by atoms with Crippen LogP contribution < -0.4 is 4.74 Å². The number of carbonyl (C=O) groups is 1. The summed E-state index contributed by atoms with van der Waals surface area (Å²) in [5.74, 6) is -1.03. The number of esters is 1. The van der Waals surface area contributed by atoms with Crippen molar-refractivity contribution in [2.75, 3.05) is 0 Å². The number of halogens is 1. The first-order valence-electron chi connectivity index (χ1n) is 6.18. The largest absolute Gasteiger partial charge is 0.423 e. The summed E-state index contributed by atoms with van der Waals surface area (Å²) in [5, 5.41) is 2.12. The molecule has 0 heterocycles. The monoisotopic (exact) mass is 301 g/mol. The molecular formula is C16H12FNO2S. The van der Waals surface area contributed by atoms with E-state index in [9.17, 15) is 9.18 Å². The molecular weight excluding hydrogens is 289 g/mol. The molecule has 106 valence electrons. The molecule has 0 aliphatic rings. The summed E-state index contributed by atoms with van der Waals surface area (Å²) in [6.07, 6.45) is 0. The van der Waals surface area contributed by atoms with Gasteiger partial charge < -0.3 is 4.74 Å². The van der Waals surface area contributed by atoms with E-state index < -0.39 is 11.8 Å². The van der Waals surface area contributed by atoms with Gasteiger partial charge in [0.15, 0.2) is 5.82 Å². The number of hydrogen-bond donors (Lipinski definition) is 0. The predicted molar refractivity (Wildman–Crippen MR) is 82.0 cm³/mol. The van der Waals surface area contributed by atoms with E-state index in [-0.39, 0.29) is 11.4 Å². The van der Waals surface area contributed by atoms with Gasteiger partial charge in [-0.05, 0) is 49.8 Å². The minimum atomic E-state index is -0.612. The van der Waals surface area contributed by atoms with Crippen LogP contribution in [-0.4, -0.2) is 11.1 Å². The molecule has 0 bridgehead atoms. The van der Waals surface area contributed by atoms with E-state index in [4.69, 9.17) is 4.74 Å². The number of rotatable bonds is 3. The molecule has 21 heavy (non-hydrogen) atoms. The standard InChI is InChI=1S/C16H12FNO2S/c1-10-3-5-12(6-4-10)16(19)20-13-7-11(2)15(18-9-21)14(17)8-13/h3-8H,1-2H3. The molecule has 2 rings (SSSR count). The van der Waals surface area contributed by atoms with Gasteiger partial charge in [-0.3, -0.25) is 0 Å². The summed E-state index contributed by atoms with van der Waals surface area (Å²) < 4.78 is 19.0. The Bertz CT molecular complexity index is 711. The maximum atomic E-state index is 13.8. The van der Waals surface area contributed by atoms with Crippen molar-refractivity contribution in [3.63, 3.8) is 0 Å². The summed E-state index contributed by atoms with van der Waals surface area (Å²) >= 11 is 4.46. The van der Waals surface area contributed by atoms with Crippen LogP contribution in [0, 0.1) is 19.7 Å². The van der Waals surface area contributed by atoms with E-state index in [2.05, 4.69) is 22.4 Å². The minimum absolute atomic E-state index is 0.0973. The predicted octanol–water partition coefficient (Wildman–Crippen LogP) is 4.40. The van der Waals surface area contributed by atoms with Crippen LogP contribution in [0.15, 0.2) is 41.4 Å². The molecule has 0 aliphatic carbocycles. The van der Waals surface area contributed by atoms with Crippen molar-refractivity contribution >= 4 is 29.0 Å². The molecule has 0 N–H and O–H groups in total. The number of thiocarbonyl (C=S) groups is 1. The van der Waals surface area contributed by atoms with Crippen LogP contribution in [0.3, 0.4) is 0 Å². The smallest absolute Gasteiger partial charge is 0.343 e. The maximum absolute atomic E-state index is 13.8. The normalized spacial score (nSPS) is 9.86. The summed E-state index contributed by atoms with van der Waals surface area (Å²) in [4.78, 5) is 15.6. The molecule has 0 spiro atoms. The van der Waals surface area contributed by atoms with Crippen molar-refractivity contribution in [3.8, 4) is 5.75 Å². The second-order valence-electron chi connectivity index (χ2n) is 4.53. The molecule has 3 nitrogen and oxygen atoms in total. The van der Waals surface area contributed by atoms with Crippen molar-refractivity contribution in [2.24, 2.45) is 4.99 Å². The number of aliphatic imine (C=N–C) groups is 1. The van der Waals surface area contributed by atoms with Crippen LogP contribution >= 0.6 is 12.2 Å². The van der Waals surface area contributed by atoms with Gasteiger partial charge in [-0.2, -0.15) is 4.99 Å². The average molecular weight is 301 g/mol. The van der Waals surface area contributed by atoms with Gasteiger partial charge in [0.1, 0.15) is 11.4 Å². The molecule has 0 amide bonds. The Morgan fingerprint density at radius 3 is 2.48 bits per heavy atom. The lowest BCUT2D eigenvalue weighted by Crippen LogP contribution is -2.08. The van der Waals surface area contributed by atoms with Crippen molar-refractivity contribution in [2.45, 2.75) is 13.8 Å². The second-order valence-corrected chi connectivity index (χ2v) is 4.71. The van der Waals surface area contributed by atoms with E-state index in [0.717, 1.165) is 11.6 Å². The van der Waals surface area contributed by atoms with Gasteiger partial charge in [0.2, 0.25) is 0 Å². The fourth-order valence-electron chi connectivity index (χ4n) is 1.81. The molecule has 2 aromatic carbocycles. The van der Waals surface area contributed by atoms with Crippen LogP contribution in [0.25, 0.3) is 0 Å². The Kier molecular flexibility index (Phi) is 4.58. The Labute approximate surface area is 127 Å². The molecule has 2 aromatic rings. The van der Waals surface area contributed by atoms with Gasteiger partial charge in [-0.15, -0.1) is 0 Å². The Morgan fingerprint density at radius 2 is 1.90 bits per heavy atom. The van der Waals surface area contributed by atoms with E-state index in [0.29, 0.717) is 11.1 Å². The lowest BCUT2D eigenvalue weighted by Gasteiger charge is -2.07. The molecule has 0 aliphatic heterocycles. The molecule has 0 saturated heterocycles. The molecule has 0 saturated carbocycles. The van der Waals surface area contributed by atoms with E-state index in [1.165, 1.54) is 6.07 Å². The van der Waals surface area contributed by atoms with Gasteiger partial charge in [-0.25, -0.2) is 9.18 Å². The summed E-state index contributed by atoms with van der Waals surface area (Å²) in [6, 6.07) is 9.56. The second kappa shape index (κ2) is 6.39. The number of hydrogen-bond acceptors (Lipinski definition) is 4. The van der Waals surface area contributed by atoms with Crippen LogP contribution in [0.1, 0.15) is 21.5 Å². The first-order chi connectivity index (χ1) is 10.0. The van der Waals surface area contributed by atoms with Crippen LogP contribution in [-0.2, 0) is 0 Å². The van der Waals surface area contributed by atoms with Gasteiger partial charge in [0.25, 0.3) is 0 Å². The van der Waals surface area contributed by atoms with Gasteiger partial charge in [0.05, 0.1) is 10.7 Å². The lowest BCUT2D eigenvalue weighted by molar-refractivity contribution is 0.0734. The van der Waals surface area contributed by atoms with Crippen molar-refractivity contribution in [3.05, 3.63) is 58.9 Å². The Hall–Kier alpha value is -2.36. The van der Waals surface area contributed by atoms with Crippen molar-refractivity contribution in [1.29, 1.82) is 0 Å². The van der Waals surface area contributed by atoms with Gasteiger partial charge in [-0.1, -0.05) is 17.7 Å². The van der Waals surface area contributed by atoms with Gasteiger partial charge in [0, 0.05) is 6.07 Å². The highest BCUT2D eigenvalue weighted by Crippen LogP contribution is 2.28. The number of aryl methyl sites for hydroxylation is 2. The molecule has 0 radical (unpaired) electrons. The zero-order valence-corrected chi connectivity index (χ0v) is 12.3. The molecule has 0 aromatic heterocycles. The SMILES string of the molecule is Cc1ccc(C(=O)Oc2cc(C)c(N=C=S)c(F)c2)cc1. The van der Waals surface area contributed by atoms with Crippen LogP contribution in [0.2, 0.25) is 0 Å². The molecule has 0 atom stereocenters. The van der Waals surface area contributed by atoms with Crippen molar-refractivity contribution < 1.29 is 13.9 Å². The number of carbonyl (C=O) groups excluding carboxylic acids is 1. The molecule has 0 unspecified atom stereocenters. The summed E-state index contributed by atoms with van der Waals surface area (Å²) in [5.41, 5.74) is 2.05. The maximum Gasteiger partial charge on any atom is 0.343 e. The molecule has 5 heteroatoms. The number of ether oxygens (including phenoxy) is 1. The molecule has 0 fully saturated rings. The lowest BCUT2D eigenvalue weighted by atomic mass is 10.1. The van der Waals surface area contributed by atoms with Gasteiger partial charge >= 0.3 is 5.97 Å². The van der Waals surface area contributed by atoms with E-state index >= 15 is 0 Å². The fourth-order valence-corrected chi connectivity index (χ4v) is 1.90. The highest BCUT2D eigenvalue weighted by Gasteiger charge is 2.12. The highest BCUT2D eigenvalue weighted by molar-refractivity contribution is 7.78. The highest BCUT2D eigenvalue weighted by atomic mass is 32.1. The third-order valence-corrected chi connectivity index (χ3v) is 2.97. The third kappa shape index (κ3) is 3.60. The first-order valence-corrected chi connectivity index (χ1v) is 6.59. The zero-order chi connectivity index (χ0) is 15.4. The average Bonchev–Trinajstić information content (AvgIpc) is 2.43. The Balaban J connectivity index is 2.26. The van der Waals surface area contributed by atoms with Crippen LogP contribution in [0.5, 0.6) is 5.75 Å². The third-order valence-electron chi connectivity index (χ3n) is 2.88. The van der Waals surface area contributed by atoms with E-state index in [1.807, 2.05) is 6.92 Å². The van der Waals surface area contributed by atoms with Crippen molar-refractivity contribution in [1.82, 2.24) is 0 Å². The topological polar surface area (TPSA) is 38.7 Å². The quantitative estimate of drug-likeness (QED) is 0.365. The fraction of sp³-hybridized carbons (Fsp3) is 0.125. The minimum Gasteiger partial charge on any atom is -0.423 e. The number of isothiocyanates is 1.